The molecule has 0 bridgehead atoms. The summed E-state index contributed by atoms with van der Waals surface area (Å²) >= 11 is 0. The van der Waals surface area contributed by atoms with Crippen molar-refractivity contribution in [3.8, 4) is 11.8 Å². The van der Waals surface area contributed by atoms with Gasteiger partial charge in [0.2, 0.25) is 0 Å². The fraction of sp³-hybridized carbons (Fsp3) is 0.0500. The first-order chi connectivity index (χ1) is 13.0. The molecule has 6 nitrogen and oxygen atoms in total. The van der Waals surface area contributed by atoms with E-state index in [1.807, 2.05) is 30.3 Å². The number of methoxy groups -OCH3 is 1. The number of nitrogens with one attached hydrogen (secondary N) is 1. The van der Waals surface area contributed by atoms with E-state index in [2.05, 4.69) is 4.72 Å². The molecule has 3 aromatic carbocycles. The lowest BCUT2D eigenvalue weighted by Gasteiger charge is -2.12. The minimum Gasteiger partial charge on any atom is -0.495 e. The molecule has 0 aliphatic heterocycles. The lowest BCUT2D eigenvalue weighted by atomic mass is 10.1. The van der Waals surface area contributed by atoms with Crippen LogP contribution in [0.4, 0.5) is 5.69 Å². The summed E-state index contributed by atoms with van der Waals surface area (Å²) in [6.07, 6.45) is 0. The quantitative estimate of drug-likeness (QED) is 0.572. The molecule has 4 rings (SSSR count). The van der Waals surface area contributed by atoms with Gasteiger partial charge in [-0.15, -0.1) is 0 Å². The van der Waals surface area contributed by atoms with Crippen LogP contribution in [0.1, 0.15) is 5.56 Å². The second-order valence-electron chi connectivity index (χ2n) is 5.89. The monoisotopic (exact) mass is 378 g/mol. The van der Waals surface area contributed by atoms with E-state index in [0.29, 0.717) is 16.9 Å². The second kappa shape index (κ2) is 6.34. The van der Waals surface area contributed by atoms with E-state index >= 15 is 0 Å². The summed E-state index contributed by atoms with van der Waals surface area (Å²) in [6.45, 7) is 0. The summed E-state index contributed by atoms with van der Waals surface area (Å²) in [6, 6.07) is 18.6. The van der Waals surface area contributed by atoms with Crippen molar-refractivity contribution in [2.24, 2.45) is 0 Å². The Hall–Kier alpha value is -3.50. The Bertz CT molecular complexity index is 1320. The van der Waals surface area contributed by atoms with Crippen molar-refractivity contribution in [2.75, 3.05) is 11.8 Å². The highest BCUT2D eigenvalue weighted by Gasteiger charge is 2.19. The van der Waals surface area contributed by atoms with Crippen LogP contribution in [0.3, 0.4) is 0 Å². The summed E-state index contributed by atoms with van der Waals surface area (Å²) in [4.78, 5) is -0.00620. The standard InChI is InChI=1S/C20H14N2O4S/c1-25-20-10-16-15-7-2-3-8-18(15)26-19(16)11-17(20)22-27(23,24)14-6-4-5-13(9-14)12-21/h2-11,22H,1H3. The fourth-order valence-electron chi connectivity index (χ4n) is 2.94. The summed E-state index contributed by atoms with van der Waals surface area (Å²) < 4.78 is 39.2. The number of fused-ring (bicyclic) bond motifs is 3. The van der Waals surface area contributed by atoms with E-state index in [0.717, 1.165) is 10.8 Å². The molecule has 0 radical (unpaired) electrons. The van der Waals surface area contributed by atoms with Gasteiger partial charge in [0.1, 0.15) is 16.9 Å². The maximum Gasteiger partial charge on any atom is 0.262 e. The molecule has 4 aromatic rings. The normalized spacial score (nSPS) is 11.4. The number of ether oxygens (including phenoxy) is 1. The van der Waals surface area contributed by atoms with Gasteiger partial charge in [-0.3, -0.25) is 4.72 Å². The van der Waals surface area contributed by atoms with Gasteiger partial charge in [-0.1, -0.05) is 24.3 Å². The number of hydrogen-bond donors (Lipinski definition) is 1. The third kappa shape index (κ3) is 2.96. The summed E-state index contributed by atoms with van der Waals surface area (Å²) in [5.41, 5.74) is 1.76. The maximum absolute atomic E-state index is 12.7. The predicted octanol–water partition coefficient (Wildman–Crippen LogP) is 4.27. The van der Waals surface area contributed by atoms with Crippen molar-refractivity contribution in [3.63, 3.8) is 0 Å². The number of nitrogens with zero attached hydrogens (tertiary/aromatic N) is 1. The number of anilines is 1. The predicted molar refractivity (Wildman–Crippen MR) is 102 cm³/mol. The summed E-state index contributed by atoms with van der Waals surface area (Å²) in [5, 5.41) is 10.7. The van der Waals surface area contributed by atoms with Crippen LogP contribution in [0.2, 0.25) is 0 Å². The topological polar surface area (TPSA) is 92.3 Å². The molecule has 0 spiro atoms. The lowest BCUT2D eigenvalue weighted by molar-refractivity contribution is 0.417. The summed E-state index contributed by atoms with van der Waals surface area (Å²) in [7, 11) is -2.43. The first-order valence-electron chi connectivity index (χ1n) is 8.04. The first kappa shape index (κ1) is 16.9. The Labute approximate surface area is 155 Å². The van der Waals surface area contributed by atoms with E-state index in [4.69, 9.17) is 14.4 Å². The lowest BCUT2D eigenvalue weighted by Crippen LogP contribution is -2.13. The third-order valence-corrected chi connectivity index (χ3v) is 5.58. The van der Waals surface area contributed by atoms with Gasteiger partial charge in [0.15, 0.2) is 0 Å². The summed E-state index contributed by atoms with van der Waals surface area (Å²) in [5.74, 6) is 0.370. The molecule has 1 heterocycles. The number of nitriles is 1. The smallest absolute Gasteiger partial charge is 0.262 e. The molecule has 7 heteroatoms. The molecule has 0 unspecified atom stereocenters. The first-order valence-corrected chi connectivity index (χ1v) is 9.52. The van der Waals surface area contributed by atoms with E-state index in [-0.39, 0.29) is 16.1 Å². The largest absolute Gasteiger partial charge is 0.495 e. The molecule has 0 fully saturated rings. The maximum atomic E-state index is 12.7. The Morgan fingerprint density at radius 3 is 2.59 bits per heavy atom. The van der Waals surface area contributed by atoms with E-state index < -0.39 is 10.0 Å². The van der Waals surface area contributed by atoms with Gasteiger partial charge in [0.05, 0.1) is 29.3 Å². The van der Waals surface area contributed by atoms with Crippen LogP contribution in [0, 0.1) is 11.3 Å². The molecule has 0 saturated carbocycles. The van der Waals surface area contributed by atoms with Crippen LogP contribution in [0.15, 0.2) is 70.0 Å². The van der Waals surface area contributed by atoms with Crippen molar-refractivity contribution in [2.45, 2.75) is 4.90 Å². The van der Waals surface area contributed by atoms with Gasteiger partial charge in [-0.25, -0.2) is 8.42 Å². The van der Waals surface area contributed by atoms with Gasteiger partial charge in [-0.05, 0) is 30.3 Å². The Kier molecular flexibility index (Phi) is 3.98. The molecule has 134 valence electrons. The van der Waals surface area contributed by atoms with Gasteiger partial charge in [0, 0.05) is 16.8 Å². The van der Waals surface area contributed by atoms with Crippen LogP contribution in [0.25, 0.3) is 21.9 Å². The highest BCUT2D eigenvalue weighted by molar-refractivity contribution is 7.92. The average Bonchev–Trinajstić information content (AvgIpc) is 3.04. The van der Waals surface area contributed by atoms with Gasteiger partial charge in [-0.2, -0.15) is 5.26 Å². The van der Waals surface area contributed by atoms with Crippen LogP contribution < -0.4 is 9.46 Å². The Balaban J connectivity index is 1.83. The van der Waals surface area contributed by atoms with Crippen molar-refractivity contribution >= 4 is 37.6 Å². The molecular weight excluding hydrogens is 364 g/mol. The zero-order valence-electron chi connectivity index (χ0n) is 14.3. The number of rotatable bonds is 4. The van der Waals surface area contributed by atoms with Crippen molar-refractivity contribution < 1.29 is 17.6 Å². The number of hydrogen-bond acceptors (Lipinski definition) is 5. The highest BCUT2D eigenvalue weighted by atomic mass is 32.2. The minimum absolute atomic E-state index is 0.00620. The van der Waals surface area contributed by atoms with Crippen LogP contribution in [0.5, 0.6) is 5.75 Å². The average molecular weight is 378 g/mol. The van der Waals surface area contributed by atoms with E-state index in [1.165, 1.54) is 25.3 Å². The second-order valence-corrected chi connectivity index (χ2v) is 7.57. The molecule has 0 saturated heterocycles. The zero-order chi connectivity index (χ0) is 19.0. The SMILES string of the molecule is COc1cc2c(cc1NS(=O)(=O)c1cccc(C#N)c1)oc1ccccc12. The van der Waals surface area contributed by atoms with Crippen LogP contribution in [-0.2, 0) is 10.0 Å². The molecule has 1 N–H and O–H groups in total. The Morgan fingerprint density at radius 2 is 1.81 bits per heavy atom. The van der Waals surface area contributed by atoms with Gasteiger partial charge < -0.3 is 9.15 Å². The third-order valence-electron chi connectivity index (χ3n) is 4.22. The number of furan rings is 1. The fourth-order valence-corrected chi connectivity index (χ4v) is 4.04. The number of para-hydroxylation sites is 1. The molecule has 0 aliphatic carbocycles. The van der Waals surface area contributed by atoms with Gasteiger partial charge >= 0.3 is 0 Å². The van der Waals surface area contributed by atoms with Crippen molar-refractivity contribution in [3.05, 3.63) is 66.2 Å². The highest BCUT2D eigenvalue weighted by Crippen LogP contribution is 2.37. The molecule has 0 aliphatic rings. The van der Waals surface area contributed by atoms with Gasteiger partial charge in [0.25, 0.3) is 10.0 Å². The molecule has 1 aromatic heterocycles. The van der Waals surface area contributed by atoms with Crippen LogP contribution >= 0.6 is 0 Å². The van der Waals surface area contributed by atoms with Crippen molar-refractivity contribution in [1.82, 2.24) is 0 Å². The molecule has 0 atom stereocenters. The molecule has 0 amide bonds. The van der Waals surface area contributed by atoms with Crippen molar-refractivity contribution in [1.29, 1.82) is 5.26 Å². The van der Waals surface area contributed by atoms with Crippen LogP contribution in [-0.4, -0.2) is 15.5 Å². The minimum atomic E-state index is -3.90. The molecular formula is C20H14N2O4S. The van der Waals surface area contributed by atoms with E-state index in [1.54, 1.807) is 18.2 Å². The zero-order valence-corrected chi connectivity index (χ0v) is 15.1. The number of benzene rings is 3. The number of sulfonamides is 1. The van der Waals surface area contributed by atoms with E-state index in [9.17, 15) is 8.42 Å². The Morgan fingerprint density at radius 1 is 1.00 bits per heavy atom. The molecule has 27 heavy (non-hydrogen) atoms.